The van der Waals surface area contributed by atoms with E-state index in [1.807, 2.05) is 7.05 Å². The first-order valence-corrected chi connectivity index (χ1v) is 12.8. The van der Waals surface area contributed by atoms with Crippen LogP contribution in [0.2, 0.25) is 0 Å². The first-order chi connectivity index (χ1) is 16.1. The van der Waals surface area contributed by atoms with Crippen LogP contribution in [-0.4, -0.2) is 60.1 Å². The van der Waals surface area contributed by atoms with Crippen LogP contribution in [0.15, 0.2) is 60.7 Å². The molecule has 0 spiro atoms. The summed E-state index contributed by atoms with van der Waals surface area (Å²) in [5.41, 5.74) is 2.88. The van der Waals surface area contributed by atoms with Gasteiger partial charge in [-0.15, -0.1) is 0 Å². The summed E-state index contributed by atoms with van der Waals surface area (Å²) in [4.78, 5) is 16.0. The van der Waals surface area contributed by atoms with Crippen molar-refractivity contribution in [2.24, 2.45) is 11.8 Å². The van der Waals surface area contributed by atoms with Crippen LogP contribution in [0.4, 0.5) is 0 Å². The van der Waals surface area contributed by atoms with E-state index in [0.29, 0.717) is 17.9 Å². The fraction of sp³-hybridized carbons (Fsp3) is 0.552. The van der Waals surface area contributed by atoms with Gasteiger partial charge in [-0.1, -0.05) is 67.1 Å². The Morgan fingerprint density at radius 3 is 2.33 bits per heavy atom. The van der Waals surface area contributed by atoms with Crippen molar-refractivity contribution in [2.75, 3.05) is 33.2 Å². The summed E-state index contributed by atoms with van der Waals surface area (Å²) in [5.74, 6) is 1.26. The van der Waals surface area contributed by atoms with Crippen LogP contribution in [0, 0.1) is 11.8 Å². The highest BCUT2D eigenvalue weighted by Crippen LogP contribution is 2.42. The molecule has 2 aliphatic rings. The lowest BCUT2D eigenvalue weighted by Crippen LogP contribution is -2.38. The molecule has 4 nitrogen and oxygen atoms in total. The van der Waals surface area contributed by atoms with Crippen molar-refractivity contribution in [3.8, 4) is 0 Å². The van der Waals surface area contributed by atoms with Crippen LogP contribution >= 0.6 is 0 Å². The number of benzene rings is 2. The minimum atomic E-state index is -0.730. The molecule has 1 unspecified atom stereocenters. The number of piperidine rings is 1. The van der Waals surface area contributed by atoms with Gasteiger partial charge in [0.05, 0.1) is 6.54 Å². The Hall–Kier alpha value is -2.17. The number of carboxylic acids is 1. The smallest absolute Gasteiger partial charge is 0.317 e. The SMILES string of the molecule is CN(CC(=O)O)C1C[C@H](CN2CCC(CCCc3ccccc3)CC2)[C@@H](c2ccccc2)C1. The Balaban J connectivity index is 1.28. The third kappa shape index (κ3) is 6.91. The van der Waals surface area contributed by atoms with Gasteiger partial charge in [-0.3, -0.25) is 9.69 Å². The zero-order valence-corrected chi connectivity index (χ0v) is 20.1. The van der Waals surface area contributed by atoms with E-state index in [1.54, 1.807) is 0 Å². The highest BCUT2D eigenvalue weighted by Gasteiger charge is 2.38. The van der Waals surface area contributed by atoms with Crippen LogP contribution < -0.4 is 0 Å². The van der Waals surface area contributed by atoms with Gasteiger partial charge in [0.1, 0.15) is 0 Å². The quantitative estimate of drug-likeness (QED) is 0.536. The second-order valence-corrected chi connectivity index (χ2v) is 10.3. The fourth-order valence-corrected chi connectivity index (χ4v) is 6.14. The number of likely N-dealkylation sites (tertiary alicyclic amines) is 1. The average Bonchev–Trinajstić information content (AvgIpc) is 3.25. The summed E-state index contributed by atoms with van der Waals surface area (Å²) in [6.45, 7) is 3.70. The molecule has 0 aromatic heterocycles. The van der Waals surface area contributed by atoms with E-state index in [2.05, 4.69) is 70.5 Å². The van der Waals surface area contributed by atoms with Crippen molar-refractivity contribution < 1.29 is 9.90 Å². The highest BCUT2D eigenvalue weighted by atomic mass is 16.4. The lowest BCUT2D eigenvalue weighted by atomic mass is 9.87. The van der Waals surface area contributed by atoms with E-state index in [1.165, 1.54) is 56.3 Å². The van der Waals surface area contributed by atoms with Crippen molar-refractivity contribution in [3.63, 3.8) is 0 Å². The summed E-state index contributed by atoms with van der Waals surface area (Å²) < 4.78 is 0. The molecule has 0 bridgehead atoms. The Kier molecular flexibility index (Phi) is 8.57. The number of rotatable bonds is 10. The summed E-state index contributed by atoms with van der Waals surface area (Å²) in [5, 5.41) is 9.26. The second kappa shape index (κ2) is 11.8. The van der Waals surface area contributed by atoms with E-state index >= 15 is 0 Å². The van der Waals surface area contributed by atoms with Gasteiger partial charge in [-0.25, -0.2) is 0 Å². The van der Waals surface area contributed by atoms with E-state index in [4.69, 9.17) is 0 Å². The van der Waals surface area contributed by atoms with Gasteiger partial charge in [0.25, 0.3) is 0 Å². The lowest BCUT2D eigenvalue weighted by molar-refractivity contribution is -0.138. The van der Waals surface area contributed by atoms with Crippen LogP contribution in [0.1, 0.15) is 55.6 Å². The van der Waals surface area contributed by atoms with Crippen molar-refractivity contribution >= 4 is 5.97 Å². The van der Waals surface area contributed by atoms with Gasteiger partial charge in [-0.2, -0.15) is 0 Å². The molecule has 3 atom stereocenters. The number of hydrogen-bond donors (Lipinski definition) is 1. The summed E-state index contributed by atoms with van der Waals surface area (Å²) >= 11 is 0. The normalized spacial score (nSPS) is 24.4. The van der Waals surface area contributed by atoms with Crippen LogP contribution in [0.3, 0.4) is 0 Å². The van der Waals surface area contributed by atoms with Crippen molar-refractivity contribution in [1.82, 2.24) is 9.80 Å². The zero-order chi connectivity index (χ0) is 23.0. The van der Waals surface area contributed by atoms with Gasteiger partial charge < -0.3 is 10.0 Å². The standard InChI is InChI=1S/C29H40N2O2/c1-30(22-29(32)33)27-19-26(28(20-27)25-13-6-3-7-14-25)21-31-17-15-24(16-18-31)12-8-11-23-9-4-2-5-10-23/h2-7,9-10,13-14,24,26-28H,8,11-12,15-22H2,1H3,(H,32,33)/t26-,27?,28-/m1/s1. The molecule has 1 N–H and O–H groups in total. The molecular formula is C29H40N2O2. The summed E-state index contributed by atoms with van der Waals surface area (Å²) in [6, 6.07) is 22.1. The maximum Gasteiger partial charge on any atom is 0.317 e. The molecule has 2 aromatic rings. The summed E-state index contributed by atoms with van der Waals surface area (Å²) in [6.07, 6.45) is 8.65. The Labute approximate surface area is 199 Å². The van der Waals surface area contributed by atoms with E-state index in [0.717, 1.165) is 25.3 Å². The molecule has 0 amide bonds. The number of carbonyl (C=O) groups is 1. The molecule has 33 heavy (non-hydrogen) atoms. The molecule has 1 heterocycles. The van der Waals surface area contributed by atoms with E-state index < -0.39 is 5.97 Å². The maximum atomic E-state index is 11.3. The molecule has 1 saturated heterocycles. The van der Waals surface area contributed by atoms with Gasteiger partial charge in [0.15, 0.2) is 0 Å². The van der Waals surface area contributed by atoms with Crippen molar-refractivity contribution in [3.05, 3.63) is 71.8 Å². The summed E-state index contributed by atoms with van der Waals surface area (Å²) in [7, 11) is 1.98. The van der Waals surface area contributed by atoms with Gasteiger partial charge in [-0.05, 0) is 87.5 Å². The second-order valence-electron chi connectivity index (χ2n) is 10.3. The number of likely N-dealkylation sites (N-methyl/N-ethyl adjacent to an activating group) is 1. The molecule has 1 aliphatic carbocycles. The highest BCUT2D eigenvalue weighted by molar-refractivity contribution is 5.69. The Bertz CT molecular complexity index is 848. The van der Waals surface area contributed by atoms with E-state index in [9.17, 15) is 9.90 Å². The maximum absolute atomic E-state index is 11.3. The van der Waals surface area contributed by atoms with Crippen LogP contribution in [-0.2, 0) is 11.2 Å². The topological polar surface area (TPSA) is 43.8 Å². The largest absolute Gasteiger partial charge is 0.480 e. The minimum Gasteiger partial charge on any atom is -0.480 e. The van der Waals surface area contributed by atoms with E-state index in [-0.39, 0.29) is 6.54 Å². The number of aliphatic carboxylic acids is 1. The fourth-order valence-electron chi connectivity index (χ4n) is 6.14. The monoisotopic (exact) mass is 448 g/mol. The molecule has 0 radical (unpaired) electrons. The molecule has 1 saturated carbocycles. The number of carboxylic acid groups (broad SMARTS) is 1. The predicted octanol–water partition coefficient (Wildman–Crippen LogP) is 5.30. The Morgan fingerprint density at radius 2 is 1.67 bits per heavy atom. The first kappa shape index (κ1) is 24.0. The molecule has 178 valence electrons. The third-order valence-corrected chi connectivity index (χ3v) is 8.03. The van der Waals surface area contributed by atoms with Crippen molar-refractivity contribution in [2.45, 2.75) is 56.9 Å². The Morgan fingerprint density at radius 1 is 1.00 bits per heavy atom. The molecule has 4 heteroatoms. The first-order valence-electron chi connectivity index (χ1n) is 12.8. The number of hydrogen-bond acceptors (Lipinski definition) is 3. The average molecular weight is 449 g/mol. The van der Waals surface area contributed by atoms with Gasteiger partial charge in [0, 0.05) is 12.6 Å². The van der Waals surface area contributed by atoms with Gasteiger partial charge in [0.2, 0.25) is 0 Å². The molecule has 2 aromatic carbocycles. The molecule has 4 rings (SSSR count). The predicted molar refractivity (Wildman–Crippen MR) is 135 cm³/mol. The third-order valence-electron chi connectivity index (χ3n) is 8.03. The molecular weight excluding hydrogens is 408 g/mol. The number of nitrogens with zero attached hydrogens (tertiary/aromatic N) is 2. The molecule has 1 aliphatic heterocycles. The zero-order valence-electron chi connectivity index (χ0n) is 20.1. The van der Waals surface area contributed by atoms with Crippen molar-refractivity contribution in [1.29, 1.82) is 0 Å². The minimum absolute atomic E-state index is 0.132. The van der Waals surface area contributed by atoms with Crippen LogP contribution in [0.25, 0.3) is 0 Å². The molecule has 2 fully saturated rings. The number of aryl methyl sites for hydroxylation is 1. The lowest BCUT2D eigenvalue weighted by Gasteiger charge is -2.35. The van der Waals surface area contributed by atoms with Gasteiger partial charge >= 0.3 is 5.97 Å². The van der Waals surface area contributed by atoms with Crippen LogP contribution in [0.5, 0.6) is 0 Å².